The van der Waals surface area contributed by atoms with Gasteiger partial charge in [-0.15, -0.1) is 10.2 Å². The van der Waals surface area contributed by atoms with E-state index in [4.69, 9.17) is 0 Å². The van der Waals surface area contributed by atoms with E-state index < -0.39 is 0 Å². The van der Waals surface area contributed by atoms with Crippen LogP contribution >= 0.6 is 11.8 Å². The fourth-order valence-corrected chi connectivity index (χ4v) is 3.56. The molecule has 0 aromatic carbocycles. The van der Waals surface area contributed by atoms with Crippen molar-refractivity contribution in [1.82, 2.24) is 24.9 Å². The number of aryl methyl sites for hydroxylation is 2. The molecule has 0 saturated heterocycles. The molecule has 112 valence electrons. The first kappa shape index (κ1) is 14.3. The van der Waals surface area contributed by atoms with Crippen LogP contribution in [0.2, 0.25) is 0 Å². The first-order valence-electron chi connectivity index (χ1n) is 7.25. The van der Waals surface area contributed by atoms with Crippen LogP contribution in [0.1, 0.15) is 37.2 Å². The van der Waals surface area contributed by atoms with Crippen molar-refractivity contribution in [2.24, 2.45) is 0 Å². The monoisotopic (exact) mass is 305 g/mol. The zero-order chi connectivity index (χ0) is 14.8. The SMILES string of the molecule is Cc1cc2nnc(SCC(=O)NC3CCCC3)n2c(C)n1. The van der Waals surface area contributed by atoms with Crippen molar-refractivity contribution in [3.05, 3.63) is 17.6 Å². The summed E-state index contributed by atoms with van der Waals surface area (Å²) in [6.45, 7) is 3.86. The number of thioether (sulfide) groups is 1. The minimum atomic E-state index is 0.0707. The molecule has 1 fully saturated rings. The third kappa shape index (κ3) is 3.18. The van der Waals surface area contributed by atoms with Crippen LogP contribution in [0.25, 0.3) is 5.65 Å². The minimum Gasteiger partial charge on any atom is -0.353 e. The van der Waals surface area contributed by atoms with Crippen molar-refractivity contribution in [2.75, 3.05) is 5.75 Å². The number of fused-ring (bicyclic) bond motifs is 1. The summed E-state index contributed by atoms with van der Waals surface area (Å²) in [5.41, 5.74) is 1.70. The van der Waals surface area contributed by atoms with Crippen LogP contribution in [0, 0.1) is 13.8 Å². The van der Waals surface area contributed by atoms with Gasteiger partial charge in [0.2, 0.25) is 5.91 Å². The standard InChI is InChI=1S/C14H19N5OS/c1-9-7-12-17-18-14(19(12)10(2)15-9)21-8-13(20)16-11-5-3-4-6-11/h7,11H,3-6,8H2,1-2H3,(H,16,20). The number of nitrogens with one attached hydrogen (secondary N) is 1. The molecule has 1 aliphatic carbocycles. The van der Waals surface area contributed by atoms with Crippen molar-refractivity contribution < 1.29 is 4.79 Å². The lowest BCUT2D eigenvalue weighted by atomic mass is 10.2. The lowest BCUT2D eigenvalue weighted by Crippen LogP contribution is -2.33. The van der Waals surface area contributed by atoms with Crippen molar-refractivity contribution in [2.45, 2.75) is 50.7 Å². The molecule has 3 rings (SSSR count). The molecule has 7 heteroatoms. The van der Waals surface area contributed by atoms with Crippen molar-refractivity contribution in [3.63, 3.8) is 0 Å². The van der Waals surface area contributed by atoms with E-state index in [1.165, 1.54) is 24.6 Å². The predicted molar refractivity (Wildman–Crippen MR) is 81.4 cm³/mol. The summed E-state index contributed by atoms with van der Waals surface area (Å²) in [6.07, 6.45) is 4.65. The van der Waals surface area contributed by atoms with Crippen LogP contribution in [0.4, 0.5) is 0 Å². The van der Waals surface area contributed by atoms with Gasteiger partial charge in [0.05, 0.1) is 5.75 Å². The smallest absolute Gasteiger partial charge is 0.230 e. The van der Waals surface area contributed by atoms with E-state index in [0.29, 0.717) is 11.8 Å². The molecule has 1 saturated carbocycles. The fraction of sp³-hybridized carbons (Fsp3) is 0.571. The second-order valence-electron chi connectivity index (χ2n) is 5.46. The van der Waals surface area contributed by atoms with Gasteiger partial charge >= 0.3 is 0 Å². The van der Waals surface area contributed by atoms with Crippen LogP contribution in [0.5, 0.6) is 0 Å². The lowest BCUT2D eigenvalue weighted by Gasteiger charge is -2.11. The number of carbonyl (C=O) groups is 1. The molecule has 1 amide bonds. The van der Waals surface area contributed by atoms with Gasteiger partial charge in [-0.25, -0.2) is 4.98 Å². The summed E-state index contributed by atoms with van der Waals surface area (Å²) in [5, 5.41) is 12.1. The zero-order valence-corrected chi connectivity index (χ0v) is 13.1. The molecule has 0 bridgehead atoms. The highest BCUT2D eigenvalue weighted by atomic mass is 32.2. The number of amides is 1. The topological polar surface area (TPSA) is 72.2 Å². The summed E-state index contributed by atoms with van der Waals surface area (Å²) < 4.78 is 1.89. The van der Waals surface area contributed by atoms with Crippen LogP contribution < -0.4 is 5.32 Å². The number of nitrogens with zero attached hydrogens (tertiary/aromatic N) is 4. The highest BCUT2D eigenvalue weighted by molar-refractivity contribution is 7.99. The van der Waals surface area contributed by atoms with Crippen molar-refractivity contribution in [3.8, 4) is 0 Å². The van der Waals surface area contributed by atoms with Gasteiger partial charge in [-0.1, -0.05) is 24.6 Å². The van der Waals surface area contributed by atoms with Crippen molar-refractivity contribution in [1.29, 1.82) is 0 Å². The normalized spacial score (nSPS) is 15.7. The molecule has 0 aliphatic heterocycles. The largest absolute Gasteiger partial charge is 0.353 e. The van der Waals surface area contributed by atoms with Crippen molar-refractivity contribution >= 4 is 23.3 Å². The number of hydrogen-bond acceptors (Lipinski definition) is 5. The van der Waals surface area contributed by atoms with Crippen LogP contribution in [0.15, 0.2) is 11.2 Å². The first-order chi connectivity index (χ1) is 10.1. The maximum atomic E-state index is 12.0. The molecule has 1 N–H and O–H groups in total. The zero-order valence-electron chi connectivity index (χ0n) is 12.3. The molecule has 1 aliphatic rings. The van der Waals surface area contributed by atoms with Crippen LogP contribution in [-0.2, 0) is 4.79 Å². The maximum Gasteiger partial charge on any atom is 0.230 e. The highest BCUT2D eigenvalue weighted by Crippen LogP contribution is 2.20. The maximum absolute atomic E-state index is 12.0. The van der Waals surface area contributed by atoms with E-state index in [1.807, 2.05) is 24.3 Å². The quantitative estimate of drug-likeness (QED) is 0.873. The average molecular weight is 305 g/mol. The molecule has 0 unspecified atom stereocenters. The fourth-order valence-electron chi connectivity index (χ4n) is 2.77. The molecule has 0 radical (unpaired) electrons. The number of rotatable bonds is 4. The summed E-state index contributed by atoms with van der Waals surface area (Å²) in [5.74, 6) is 1.28. The molecule has 0 atom stereocenters. The Bertz CT molecular complexity index is 663. The molecular weight excluding hydrogens is 286 g/mol. The Morgan fingerprint density at radius 1 is 1.38 bits per heavy atom. The van der Waals surface area contributed by atoms with Gasteiger partial charge in [-0.2, -0.15) is 0 Å². The third-order valence-corrected chi connectivity index (χ3v) is 4.64. The second kappa shape index (κ2) is 6.01. The van der Waals surface area contributed by atoms with Gasteiger partial charge in [0.15, 0.2) is 10.8 Å². The Morgan fingerprint density at radius 3 is 2.90 bits per heavy atom. The van der Waals surface area contributed by atoms with Gasteiger partial charge in [0, 0.05) is 17.8 Å². The summed E-state index contributed by atoms with van der Waals surface area (Å²) in [4.78, 5) is 16.4. The summed E-state index contributed by atoms with van der Waals surface area (Å²) in [6, 6.07) is 2.25. The Balaban J connectivity index is 1.66. The summed E-state index contributed by atoms with van der Waals surface area (Å²) in [7, 11) is 0. The van der Waals surface area contributed by atoms with Crippen LogP contribution in [0.3, 0.4) is 0 Å². The summed E-state index contributed by atoms with van der Waals surface area (Å²) >= 11 is 1.41. The Morgan fingerprint density at radius 2 is 2.14 bits per heavy atom. The van der Waals surface area contributed by atoms with E-state index >= 15 is 0 Å². The van der Waals surface area contributed by atoms with E-state index in [9.17, 15) is 4.79 Å². The van der Waals surface area contributed by atoms with Gasteiger partial charge in [0.25, 0.3) is 0 Å². The highest BCUT2D eigenvalue weighted by Gasteiger charge is 2.18. The predicted octanol–water partition coefficient (Wildman–Crippen LogP) is 1.89. The van der Waals surface area contributed by atoms with Gasteiger partial charge in [-0.3, -0.25) is 9.20 Å². The average Bonchev–Trinajstić information content (AvgIpc) is 3.05. The first-order valence-corrected chi connectivity index (χ1v) is 8.23. The van der Waals surface area contributed by atoms with E-state index in [1.54, 1.807) is 0 Å². The molecular formula is C14H19N5OS. The Hall–Kier alpha value is -1.63. The van der Waals surface area contributed by atoms with E-state index in [2.05, 4.69) is 20.5 Å². The number of carbonyl (C=O) groups excluding carboxylic acids is 1. The van der Waals surface area contributed by atoms with E-state index in [0.717, 1.165) is 35.2 Å². The lowest BCUT2D eigenvalue weighted by molar-refractivity contribution is -0.119. The Kier molecular flexibility index (Phi) is 4.10. The molecule has 2 aromatic rings. The minimum absolute atomic E-state index is 0.0707. The third-order valence-electron chi connectivity index (χ3n) is 3.71. The van der Waals surface area contributed by atoms with Crippen LogP contribution in [-0.4, -0.2) is 37.3 Å². The van der Waals surface area contributed by atoms with Gasteiger partial charge < -0.3 is 5.32 Å². The molecule has 2 heterocycles. The molecule has 2 aromatic heterocycles. The number of aromatic nitrogens is 4. The van der Waals surface area contributed by atoms with E-state index in [-0.39, 0.29) is 5.91 Å². The van der Waals surface area contributed by atoms with Gasteiger partial charge in [0.1, 0.15) is 5.82 Å². The molecule has 21 heavy (non-hydrogen) atoms. The molecule has 0 spiro atoms. The Labute approximate surface area is 127 Å². The molecule has 6 nitrogen and oxygen atoms in total. The van der Waals surface area contributed by atoms with Gasteiger partial charge in [-0.05, 0) is 26.7 Å². The number of hydrogen-bond donors (Lipinski definition) is 1. The second-order valence-corrected chi connectivity index (χ2v) is 6.40.